The summed E-state index contributed by atoms with van der Waals surface area (Å²) < 4.78 is 16.4. The summed E-state index contributed by atoms with van der Waals surface area (Å²) >= 11 is 0. The molecule has 2 saturated carbocycles. The van der Waals surface area contributed by atoms with E-state index in [1.807, 2.05) is 6.92 Å². The van der Waals surface area contributed by atoms with Crippen molar-refractivity contribution in [2.45, 2.75) is 63.8 Å². The van der Waals surface area contributed by atoms with Crippen LogP contribution in [-0.2, 0) is 4.79 Å². The van der Waals surface area contributed by atoms with Crippen LogP contribution < -0.4 is 5.73 Å². The van der Waals surface area contributed by atoms with Crippen molar-refractivity contribution in [3.05, 3.63) is 23.8 Å². The maximum absolute atomic E-state index is 16.4. The molecule has 0 saturated heterocycles. The molecule has 0 bridgehead atoms. The number of carbonyl (C=O) groups is 1. The summed E-state index contributed by atoms with van der Waals surface area (Å²) in [7, 11) is 0. The van der Waals surface area contributed by atoms with Crippen molar-refractivity contribution in [3.63, 3.8) is 0 Å². The van der Waals surface area contributed by atoms with Crippen LogP contribution >= 0.6 is 0 Å². The minimum absolute atomic E-state index is 0.0646. The number of halogens is 1. The molecule has 2 fully saturated rings. The second kappa shape index (κ2) is 4.54. The van der Waals surface area contributed by atoms with Crippen LogP contribution in [0.25, 0.3) is 0 Å². The van der Waals surface area contributed by atoms with E-state index in [-0.39, 0.29) is 29.1 Å². The zero-order valence-corrected chi connectivity index (χ0v) is 13.9. The van der Waals surface area contributed by atoms with E-state index in [1.54, 1.807) is 12.2 Å². The lowest BCUT2D eigenvalue weighted by molar-refractivity contribution is -0.121. The van der Waals surface area contributed by atoms with E-state index < -0.39 is 17.2 Å². The van der Waals surface area contributed by atoms with Crippen LogP contribution in [0.15, 0.2) is 23.8 Å². The van der Waals surface area contributed by atoms with Gasteiger partial charge in [-0.15, -0.1) is 0 Å². The van der Waals surface area contributed by atoms with Gasteiger partial charge < -0.3 is 10.8 Å². The number of rotatable bonds is 0. The molecule has 7 atom stereocenters. The third kappa shape index (κ3) is 1.74. The Balaban J connectivity index is 1.79. The fraction of sp³-hybridized carbons (Fsp3) is 0.737. The number of aliphatic hydroxyl groups is 1. The van der Waals surface area contributed by atoms with E-state index in [9.17, 15) is 9.90 Å². The molecule has 0 heterocycles. The minimum Gasteiger partial charge on any atom is -0.391 e. The van der Waals surface area contributed by atoms with Crippen molar-refractivity contribution in [2.75, 3.05) is 0 Å². The number of alkyl halides is 1. The van der Waals surface area contributed by atoms with Crippen molar-refractivity contribution < 1.29 is 14.3 Å². The smallest absolute Gasteiger partial charge is 0.159 e. The molecule has 3 N–H and O–H groups in total. The molecule has 2 unspecified atom stereocenters. The van der Waals surface area contributed by atoms with Crippen molar-refractivity contribution in [1.29, 1.82) is 0 Å². The standard InChI is InChI=1S/C19H26FNO2/c1-17-7-8-19(20)13(14(17)10-15(23)16(17)21)4-3-11-9-12(22)5-6-18(11,19)2/h3,5-6,13-16,23H,4,7-10,21H2,1-2H3/t13-,14-,15?,16?,17-,18-,19-/m0/s1. The third-order valence-electron chi connectivity index (χ3n) is 7.74. The van der Waals surface area contributed by atoms with Gasteiger partial charge >= 0.3 is 0 Å². The first-order chi connectivity index (χ1) is 10.7. The fourth-order valence-electron chi connectivity index (χ4n) is 6.05. The Hall–Kier alpha value is -1.00. The lowest BCUT2D eigenvalue weighted by atomic mass is 9.47. The number of fused-ring (bicyclic) bond motifs is 5. The van der Waals surface area contributed by atoms with E-state index in [4.69, 9.17) is 5.73 Å². The molecular weight excluding hydrogens is 293 g/mol. The summed E-state index contributed by atoms with van der Waals surface area (Å²) in [4.78, 5) is 11.7. The van der Waals surface area contributed by atoms with Crippen LogP contribution in [0.4, 0.5) is 4.39 Å². The van der Waals surface area contributed by atoms with Gasteiger partial charge in [0.2, 0.25) is 0 Å². The number of nitrogens with two attached hydrogens (primary N) is 1. The highest BCUT2D eigenvalue weighted by Gasteiger charge is 2.67. The van der Waals surface area contributed by atoms with Crippen molar-refractivity contribution in [2.24, 2.45) is 28.4 Å². The zero-order chi connectivity index (χ0) is 16.6. The molecular formula is C19H26FNO2. The van der Waals surface area contributed by atoms with Gasteiger partial charge in [0.1, 0.15) is 5.67 Å². The SMILES string of the molecule is C[C@]12C=CC(=O)CC1=CC[C@H]1[C@@H]3CC(O)C(N)[C@@]3(C)CC[C@]12F. The number of ketones is 1. The Morgan fingerprint density at radius 3 is 2.78 bits per heavy atom. The Morgan fingerprint density at radius 1 is 1.30 bits per heavy atom. The number of allylic oxidation sites excluding steroid dienone is 4. The summed E-state index contributed by atoms with van der Waals surface area (Å²) in [5, 5.41) is 10.3. The van der Waals surface area contributed by atoms with E-state index in [0.29, 0.717) is 32.1 Å². The summed E-state index contributed by atoms with van der Waals surface area (Å²) in [5.74, 6) is 0.0395. The van der Waals surface area contributed by atoms with E-state index in [2.05, 4.69) is 13.0 Å². The van der Waals surface area contributed by atoms with Crippen molar-refractivity contribution in [1.82, 2.24) is 0 Å². The highest BCUT2D eigenvalue weighted by molar-refractivity contribution is 5.93. The molecule has 23 heavy (non-hydrogen) atoms. The molecule has 4 aliphatic rings. The number of hydrogen-bond donors (Lipinski definition) is 2. The molecule has 0 radical (unpaired) electrons. The largest absolute Gasteiger partial charge is 0.391 e. The Morgan fingerprint density at radius 2 is 2.04 bits per heavy atom. The molecule has 0 aromatic heterocycles. The van der Waals surface area contributed by atoms with Crippen LogP contribution in [-0.4, -0.2) is 28.7 Å². The quantitative estimate of drug-likeness (QED) is 0.675. The van der Waals surface area contributed by atoms with Gasteiger partial charge in [0.15, 0.2) is 5.78 Å². The Bertz CT molecular complexity index is 629. The van der Waals surface area contributed by atoms with Crippen molar-refractivity contribution >= 4 is 5.78 Å². The predicted molar refractivity (Wildman–Crippen MR) is 86.3 cm³/mol. The minimum atomic E-state index is -1.34. The molecule has 0 spiro atoms. The maximum Gasteiger partial charge on any atom is 0.159 e. The number of aliphatic hydroxyl groups excluding tert-OH is 1. The average molecular weight is 319 g/mol. The van der Waals surface area contributed by atoms with Gasteiger partial charge in [0.05, 0.1) is 6.10 Å². The average Bonchev–Trinajstić information content (AvgIpc) is 2.73. The van der Waals surface area contributed by atoms with Gasteiger partial charge in [-0.25, -0.2) is 4.39 Å². The fourth-order valence-corrected chi connectivity index (χ4v) is 6.05. The predicted octanol–water partition coefficient (Wildman–Crippen LogP) is 2.68. The van der Waals surface area contributed by atoms with Gasteiger partial charge in [0.25, 0.3) is 0 Å². The molecule has 4 heteroatoms. The van der Waals surface area contributed by atoms with Crippen LogP contribution in [0.1, 0.15) is 46.0 Å². The van der Waals surface area contributed by atoms with Crippen LogP contribution in [0, 0.1) is 22.7 Å². The van der Waals surface area contributed by atoms with Crippen LogP contribution in [0.5, 0.6) is 0 Å². The lowest BCUT2D eigenvalue weighted by Crippen LogP contribution is -2.60. The van der Waals surface area contributed by atoms with Gasteiger partial charge in [-0.1, -0.05) is 24.6 Å². The zero-order valence-electron chi connectivity index (χ0n) is 13.9. The lowest BCUT2D eigenvalue weighted by Gasteiger charge is -2.59. The van der Waals surface area contributed by atoms with E-state index in [0.717, 1.165) is 5.57 Å². The monoisotopic (exact) mass is 319 g/mol. The first-order valence-electron chi connectivity index (χ1n) is 8.76. The Kier molecular flexibility index (Phi) is 3.07. The summed E-state index contributed by atoms with van der Waals surface area (Å²) in [6, 6.07) is -0.265. The summed E-state index contributed by atoms with van der Waals surface area (Å²) in [5.41, 5.74) is 4.99. The summed E-state index contributed by atoms with van der Waals surface area (Å²) in [6.45, 7) is 4.07. The van der Waals surface area contributed by atoms with Gasteiger partial charge in [-0.2, -0.15) is 0 Å². The molecule has 3 nitrogen and oxygen atoms in total. The topological polar surface area (TPSA) is 63.3 Å². The normalized spacial score (nSPS) is 55.0. The molecule has 0 aliphatic heterocycles. The second-order valence-corrected chi connectivity index (χ2v) is 8.55. The maximum atomic E-state index is 16.4. The number of hydrogen-bond acceptors (Lipinski definition) is 3. The second-order valence-electron chi connectivity index (χ2n) is 8.55. The molecule has 0 aromatic rings. The number of carbonyl (C=O) groups excluding carboxylic acids is 1. The first kappa shape index (κ1) is 15.5. The molecule has 4 rings (SSSR count). The highest BCUT2D eigenvalue weighted by Crippen LogP contribution is 2.66. The third-order valence-corrected chi connectivity index (χ3v) is 7.74. The highest BCUT2D eigenvalue weighted by atomic mass is 19.1. The van der Waals surface area contributed by atoms with Gasteiger partial charge in [0, 0.05) is 23.8 Å². The van der Waals surface area contributed by atoms with Gasteiger partial charge in [-0.3, -0.25) is 4.79 Å². The van der Waals surface area contributed by atoms with Gasteiger partial charge in [-0.05, 0) is 50.0 Å². The first-order valence-corrected chi connectivity index (χ1v) is 8.76. The van der Waals surface area contributed by atoms with Crippen LogP contribution in [0.3, 0.4) is 0 Å². The van der Waals surface area contributed by atoms with E-state index >= 15 is 4.39 Å². The Labute approximate surface area is 136 Å². The molecule has 4 aliphatic carbocycles. The molecule has 0 amide bonds. The van der Waals surface area contributed by atoms with Crippen molar-refractivity contribution in [3.8, 4) is 0 Å². The van der Waals surface area contributed by atoms with E-state index in [1.165, 1.54) is 0 Å². The molecule has 126 valence electrons. The van der Waals surface area contributed by atoms with Crippen LogP contribution in [0.2, 0.25) is 0 Å². The summed E-state index contributed by atoms with van der Waals surface area (Å²) in [6.07, 6.45) is 7.66. The molecule has 0 aromatic carbocycles.